The molecule has 1 atom stereocenters. The Hall–Kier alpha value is -1.60. The number of amides is 1. The van der Waals surface area contributed by atoms with Crippen molar-refractivity contribution in [3.63, 3.8) is 0 Å². The summed E-state index contributed by atoms with van der Waals surface area (Å²) in [4.78, 5) is 22.5. The molecule has 7 heteroatoms. The van der Waals surface area contributed by atoms with Gasteiger partial charge in [-0.1, -0.05) is 6.08 Å². The van der Waals surface area contributed by atoms with Gasteiger partial charge in [-0.25, -0.2) is 4.79 Å². The molecule has 0 aromatic carbocycles. The largest absolute Gasteiger partial charge is 0.480 e. The van der Waals surface area contributed by atoms with Crippen LogP contribution in [0.4, 0.5) is 0 Å². The van der Waals surface area contributed by atoms with E-state index in [1.54, 1.807) is 6.07 Å². The SMILES string of the molecule is C=CCOCC(NC(=O)c1ccc(Br)o1)C(=O)O. The lowest BCUT2D eigenvalue weighted by atomic mass is 10.3. The minimum atomic E-state index is -1.18. The van der Waals surface area contributed by atoms with Crippen LogP contribution in [-0.2, 0) is 9.53 Å². The quantitative estimate of drug-likeness (QED) is 0.586. The zero-order valence-corrected chi connectivity index (χ0v) is 11.0. The van der Waals surface area contributed by atoms with Crippen molar-refractivity contribution in [2.45, 2.75) is 6.04 Å². The number of carbonyl (C=O) groups is 2. The van der Waals surface area contributed by atoms with Gasteiger partial charge < -0.3 is 19.6 Å². The molecule has 98 valence electrons. The molecule has 0 aliphatic heterocycles. The molecular formula is C11H12BrNO5. The molecular weight excluding hydrogens is 306 g/mol. The highest BCUT2D eigenvalue weighted by molar-refractivity contribution is 9.10. The molecule has 1 rings (SSSR count). The normalized spacial score (nSPS) is 11.8. The first-order valence-electron chi connectivity index (χ1n) is 5.02. The molecule has 1 aromatic rings. The minimum Gasteiger partial charge on any atom is -0.480 e. The number of carboxylic acids is 1. The number of hydrogen-bond acceptors (Lipinski definition) is 4. The molecule has 0 aliphatic carbocycles. The second-order valence-corrected chi connectivity index (χ2v) is 4.08. The number of furan rings is 1. The second-order valence-electron chi connectivity index (χ2n) is 3.29. The number of nitrogens with one attached hydrogen (secondary N) is 1. The summed E-state index contributed by atoms with van der Waals surface area (Å²) in [5.41, 5.74) is 0. The molecule has 0 aliphatic rings. The average molecular weight is 318 g/mol. The molecule has 0 radical (unpaired) electrons. The minimum absolute atomic E-state index is 0.0249. The first kappa shape index (κ1) is 14.5. The van der Waals surface area contributed by atoms with E-state index in [9.17, 15) is 9.59 Å². The number of carboxylic acid groups (broad SMARTS) is 1. The number of ether oxygens (including phenoxy) is 1. The van der Waals surface area contributed by atoms with Crippen LogP contribution in [0.2, 0.25) is 0 Å². The third kappa shape index (κ3) is 4.34. The summed E-state index contributed by atoms with van der Waals surface area (Å²) in [5.74, 6) is -1.77. The molecule has 6 nitrogen and oxygen atoms in total. The van der Waals surface area contributed by atoms with Crippen LogP contribution < -0.4 is 5.32 Å². The molecule has 0 saturated heterocycles. The van der Waals surface area contributed by atoms with E-state index in [2.05, 4.69) is 27.8 Å². The van der Waals surface area contributed by atoms with Gasteiger partial charge in [-0.05, 0) is 28.1 Å². The fourth-order valence-corrected chi connectivity index (χ4v) is 1.42. The molecule has 2 N–H and O–H groups in total. The van der Waals surface area contributed by atoms with Crippen molar-refractivity contribution in [3.8, 4) is 0 Å². The van der Waals surface area contributed by atoms with Crippen molar-refractivity contribution in [1.29, 1.82) is 0 Å². The molecule has 1 aromatic heterocycles. The topological polar surface area (TPSA) is 88.8 Å². The molecule has 1 amide bonds. The highest BCUT2D eigenvalue weighted by atomic mass is 79.9. The monoisotopic (exact) mass is 317 g/mol. The van der Waals surface area contributed by atoms with Crippen molar-refractivity contribution in [1.82, 2.24) is 5.32 Å². The number of rotatable bonds is 7. The van der Waals surface area contributed by atoms with Crippen LogP contribution in [0.3, 0.4) is 0 Å². The molecule has 1 unspecified atom stereocenters. The summed E-state index contributed by atoms with van der Waals surface area (Å²) in [5, 5.41) is 11.2. The molecule has 18 heavy (non-hydrogen) atoms. The van der Waals surface area contributed by atoms with Gasteiger partial charge in [-0.2, -0.15) is 0 Å². The Morgan fingerprint density at radius 1 is 1.61 bits per heavy atom. The van der Waals surface area contributed by atoms with Crippen molar-refractivity contribution in [2.24, 2.45) is 0 Å². The van der Waals surface area contributed by atoms with Crippen LogP contribution >= 0.6 is 15.9 Å². The fourth-order valence-electron chi connectivity index (χ4n) is 1.11. The summed E-state index contributed by atoms with van der Waals surface area (Å²) >= 11 is 3.05. The van der Waals surface area contributed by atoms with E-state index in [4.69, 9.17) is 14.3 Å². The van der Waals surface area contributed by atoms with E-state index < -0.39 is 17.9 Å². The van der Waals surface area contributed by atoms with Gasteiger partial charge in [0.2, 0.25) is 0 Å². The molecule has 0 saturated carbocycles. The van der Waals surface area contributed by atoms with Crippen LogP contribution in [0.25, 0.3) is 0 Å². The fraction of sp³-hybridized carbons (Fsp3) is 0.273. The van der Waals surface area contributed by atoms with Crippen molar-refractivity contribution < 1.29 is 23.8 Å². The number of hydrogen-bond donors (Lipinski definition) is 2. The van der Waals surface area contributed by atoms with Crippen molar-refractivity contribution >= 4 is 27.8 Å². The van der Waals surface area contributed by atoms with Crippen LogP contribution in [0, 0.1) is 0 Å². The second kappa shape index (κ2) is 6.97. The van der Waals surface area contributed by atoms with Crippen LogP contribution in [0.1, 0.15) is 10.6 Å². The van der Waals surface area contributed by atoms with Crippen LogP contribution in [-0.4, -0.2) is 36.2 Å². The van der Waals surface area contributed by atoms with Gasteiger partial charge in [0.1, 0.15) is 0 Å². The number of halogens is 1. The Bertz CT molecular complexity index is 442. The van der Waals surface area contributed by atoms with Crippen LogP contribution in [0.5, 0.6) is 0 Å². The third-order valence-electron chi connectivity index (χ3n) is 1.92. The van der Waals surface area contributed by atoms with E-state index in [-0.39, 0.29) is 19.0 Å². The van der Waals surface area contributed by atoms with Gasteiger partial charge in [0.05, 0.1) is 13.2 Å². The molecule has 0 fully saturated rings. The van der Waals surface area contributed by atoms with Gasteiger partial charge in [-0.3, -0.25) is 4.79 Å². The first-order valence-corrected chi connectivity index (χ1v) is 5.81. The Balaban J connectivity index is 2.57. The summed E-state index contributed by atoms with van der Waals surface area (Å²) in [6, 6.07) is 1.84. The summed E-state index contributed by atoms with van der Waals surface area (Å²) in [6.07, 6.45) is 1.49. The predicted octanol–water partition coefficient (Wildman–Crippen LogP) is 1.43. The number of aliphatic carboxylic acids is 1. The van der Waals surface area contributed by atoms with Gasteiger partial charge >= 0.3 is 5.97 Å². The zero-order chi connectivity index (χ0) is 13.5. The van der Waals surface area contributed by atoms with Gasteiger partial charge in [0.25, 0.3) is 5.91 Å². The molecule has 0 spiro atoms. The molecule has 1 heterocycles. The first-order chi connectivity index (χ1) is 8.54. The lowest BCUT2D eigenvalue weighted by molar-refractivity contribution is -0.140. The Morgan fingerprint density at radius 3 is 2.83 bits per heavy atom. The Labute approximate surface area is 112 Å². The van der Waals surface area contributed by atoms with E-state index >= 15 is 0 Å². The predicted molar refractivity (Wildman–Crippen MR) is 66.3 cm³/mol. The average Bonchev–Trinajstić information content (AvgIpc) is 2.74. The highest BCUT2D eigenvalue weighted by Gasteiger charge is 2.22. The Kier molecular flexibility index (Phi) is 5.60. The maximum Gasteiger partial charge on any atom is 0.328 e. The smallest absolute Gasteiger partial charge is 0.328 e. The zero-order valence-electron chi connectivity index (χ0n) is 9.39. The standard InChI is InChI=1S/C11H12BrNO5/c1-2-5-17-6-7(11(15)16)13-10(14)8-3-4-9(12)18-8/h2-4,7H,1,5-6H2,(H,13,14)(H,15,16). The molecule has 0 bridgehead atoms. The van der Waals surface area contributed by atoms with E-state index in [0.29, 0.717) is 4.67 Å². The lowest BCUT2D eigenvalue weighted by Crippen LogP contribution is -2.43. The maximum atomic E-state index is 11.6. The Morgan fingerprint density at radius 2 is 2.33 bits per heavy atom. The summed E-state index contributed by atoms with van der Waals surface area (Å²) in [7, 11) is 0. The van der Waals surface area contributed by atoms with Crippen molar-refractivity contribution in [2.75, 3.05) is 13.2 Å². The number of carbonyl (C=O) groups excluding carboxylic acids is 1. The van der Waals surface area contributed by atoms with E-state index in [1.165, 1.54) is 12.1 Å². The maximum absolute atomic E-state index is 11.6. The van der Waals surface area contributed by atoms with E-state index in [0.717, 1.165) is 0 Å². The van der Waals surface area contributed by atoms with Crippen molar-refractivity contribution in [3.05, 3.63) is 35.2 Å². The van der Waals surface area contributed by atoms with Crippen LogP contribution in [0.15, 0.2) is 33.9 Å². The highest BCUT2D eigenvalue weighted by Crippen LogP contribution is 2.13. The lowest BCUT2D eigenvalue weighted by Gasteiger charge is -2.13. The van der Waals surface area contributed by atoms with Gasteiger partial charge in [0.15, 0.2) is 16.5 Å². The summed E-state index contributed by atoms with van der Waals surface area (Å²) in [6.45, 7) is 3.50. The summed E-state index contributed by atoms with van der Waals surface area (Å²) < 4.78 is 10.4. The van der Waals surface area contributed by atoms with Gasteiger partial charge in [-0.15, -0.1) is 6.58 Å². The van der Waals surface area contributed by atoms with Gasteiger partial charge in [0, 0.05) is 0 Å². The third-order valence-corrected chi connectivity index (χ3v) is 2.35. The van der Waals surface area contributed by atoms with E-state index in [1.807, 2.05) is 0 Å².